The number of aldehydes is 1. The normalized spacial score (nSPS) is 13.4. The average Bonchev–Trinajstić information content (AvgIpc) is 2.24. The minimum absolute atomic E-state index is 0.0663. The first-order valence-electron chi connectivity index (χ1n) is 6.79. The summed E-state index contributed by atoms with van der Waals surface area (Å²) in [5, 5.41) is 9.49. The number of aromatic hydroxyl groups is 1. The van der Waals surface area contributed by atoms with E-state index in [0.29, 0.717) is 6.42 Å². The standard InChI is InChI=1S/C17H26O2/c1-15(2,3)17(11-12-18,16(4,5)6)13-7-9-14(19)10-8-13/h7-10,12,19H,11H2,1-6H3. The van der Waals surface area contributed by atoms with Gasteiger partial charge in [-0.2, -0.15) is 0 Å². The number of carbonyl (C=O) groups excluding carboxylic acids is 1. The summed E-state index contributed by atoms with van der Waals surface area (Å²) in [4.78, 5) is 11.3. The maximum Gasteiger partial charge on any atom is 0.120 e. The molecule has 0 aliphatic heterocycles. The Morgan fingerprint density at radius 1 is 0.947 bits per heavy atom. The quantitative estimate of drug-likeness (QED) is 0.824. The molecule has 0 saturated heterocycles. The first kappa shape index (κ1) is 15.7. The molecule has 0 amide bonds. The fourth-order valence-electron chi connectivity index (χ4n) is 3.59. The summed E-state index contributed by atoms with van der Waals surface area (Å²) >= 11 is 0. The van der Waals surface area contributed by atoms with E-state index in [1.807, 2.05) is 12.1 Å². The van der Waals surface area contributed by atoms with E-state index < -0.39 is 0 Å². The van der Waals surface area contributed by atoms with Gasteiger partial charge in [-0.05, 0) is 28.5 Å². The van der Waals surface area contributed by atoms with Gasteiger partial charge in [-0.25, -0.2) is 0 Å². The molecular weight excluding hydrogens is 236 g/mol. The van der Waals surface area contributed by atoms with E-state index in [0.717, 1.165) is 11.8 Å². The van der Waals surface area contributed by atoms with Gasteiger partial charge in [-0.15, -0.1) is 0 Å². The molecule has 0 spiro atoms. The molecule has 0 aliphatic rings. The monoisotopic (exact) mass is 262 g/mol. The van der Waals surface area contributed by atoms with Crippen LogP contribution < -0.4 is 0 Å². The summed E-state index contributed by atoms with van der Waals surface area (Å²) in [5.74, 6) is 0.256. The van der Waals surface area contributed by atoms with Gasteiger partial charge < -0.3 is 9.90 Å². The van der Waals surface area contributed by atoms with Gasteiger partial charge in [0.1, 0.15) is 12.0 Å². The van der Waals surface area contributed by atoms with E-state index in [-0.39, 0.29) is 22.0 Å². The molecule has 0 atom stereocenters. The molecular formula is C17H26O2. The highest BCUT2D eigenvalue weighted by atomic mass is 16.3. The van der Waals surface area contributed by atoms with Crippen LogP contribution in [0.4, 0.5) is 0 Å². The molecule has 0 aromatic heterocycles. The number of carbonyl (C=O) groups is 1. The lowest BCUT2D eigenvalue weighted by molar-refractivity contribution is -0.112. The van der Waals surface area contributed by atoms with Crippen LogP contribution in [0.1, 0.15) is 53.5 Å². The zero-order valence-electron chi connectivity index (χ0n) is 12.9. The molecule has 106 valence electrons. The van der Waals surface area contributed by atoms with Crippen molar-refractivity contribution in [1.29, 1.82) is 0 Å². The van der Waals surface area contributed by atoms with Gasteiger partial charge in [0.05, 0.1) is 0 Å². The molecule has 0 bridgehead atoms. The maximum absolute atomic E-state index is 11.3. The highest BCUT2D eigenvalue weighted by molar-refractivity contribution is 5.55. The number of hydrogen-bond donors (Lipinski definition) is 1. The van der Waals surface area contributed by atoms with Crippen molar-refractivity contribution in [2.24, 2.45) is 10.8 Å². The summed E-state index contributed by atoms with van der Waals surface area (Å²) < 4.78 is 0. The Bertz CT molecular complexity index is 416. The average molecular weight is 262 g/mol. The van der Waals surface area contributed by atoms with Gasteiger partial charge >= 0.3 is 0 Å². The van der Waals surface area contributed by atoms with Gasteiger partial charge in [0, 0.05) is 11.8 Å². The molecule has 1 N–H and O–H groups in total. The second-order valence-corrected chi connectivity index (χ2v) is 7.32. The lowest BCUT2D eigenvalue weighted by atomic mass is 9.50. The molecule has 0 radical (unpaired) electrons. The summed E-state index contributed by atoms with van der Waals surface area (Å²) in [6.45, 7) is 13.1. The Labute approximate surface area is 116 Å². The van der Waals surface area contributed by atoms with Crippen molar-refractivity contribution in [3.63, 3.8) is 0 Å². The molecule has 1 aromatic carbocycles. The Morgan fingerprint density at radius 2 is 1.37 bits per heavy atom. The zero-order chi connectivity index (χ0) is 14.9. The van der Waals surface area contributed by atoms with Crippen LogP contribution >= 0.6 is 0 Å². The second kappa shape index (κ2) is 4.99. The molecule has 2 heteroatoms. The predicted octanol–water partition coefficient (Wildman–Crippen LogP) is 4.31. The third-order valence-electron chi connectivity index (χ3n) is 4.31. The SMILES string of the molecule is CC(C)(C)C(CC=O)(c1ccc(O)cc1)C(C)(C)C. The van der Waals surface area contributed by atoms with E-state index in [2.05, 4.69) is 41.5 Å². The number of phenols is 1. The van der Waals surface area contributed by atoms with Gasteiger partial charge in [0.2, 0.25) is 0 Å². The van der Waals surface area contributed by atoms with E-state index in [1.54, 1.807) is 12.1 Å². The van der Waals surface area contributed by atoms with Crippen LogP contribution in [0.25, 0.3) is 0 Å². The van der Waals surface area contributed by atoms with Crippen LogP contribution in [0.2, 0.25) is 0 Å². The van der Waals surface area contributed by atoms with Crippen molar-refractivity contribution in [3.05, 3.63) is 29.8 Å². The predicted molar refractivity (Wildman–Crippen MR) is 79.4 cm³/mol. The number of benzene rings is 1. The topological polar surface area (TPSA) is 37.3 Å². The van der Waals surface area contributed by atoms with Crippen molar-refractivity contribution in [2.75, 3.05) is 0 Å². The highest BCUT2D eigenvalue weighted by Gasteiger charge is 2.51. The number of rotatable bonds is 3. The van der Waals surface area contributed by atoms with Crippen LogP contribution in [0.15, 0.2) is 24.3 Å². The minimum Gasteiger partial charge on any atom is -0.508 e. The fourth-order valence-corrected chi connectivity index (χ4v) is 3.59. The van der Waals surface area contributed by atoms with Gasteiger partial charge in [-0.3, -0.25) is 0 Å². The number of hydrogen-bond acceptors (Lipinski definition) is 2. The van der Waals surface area contributed by atoms with Crippen LogP contribution in [-0.4, -0.2) is 11.4 Å². The third kappa shape index (κ3) is 2.68. The first-order chi connectivity index (χ1) is 8.56. The summed E-state index contributed by atoms with van der Waals surface area (Å²) in [6, 6.07) is 7.28. The fraction of sp³-hybridized carbons (Fsp3) is 0.588. The summed E-state index contributed by atoms with van der Waals surface area (Å²) in [7, 11) is 0. The van der Waals surface area contributed by atoms with E-state index in [9.17, 15) is 9.90 Å². The van der Waals surface area contributed by atoms with Gasteiger partial charge in [0.25, 0.3) is 0 Å². The largest absolute Gasteiger partial charge is 0.508 e. The van der Waals surface area contributed by atoms with Gasteiger partial charge in [-0.1, -0.05) is 53.7 Å². The molecule has 1 aromatic rings. The molecule has 0 fully saturated rings. The Hall–Kier alpha value is -1.31. The smallest absolute Gasteiger partial charge is 0.120 e. The molecule has 2 nitrogen and oxygen atoms in total. The van der Waals surface area contributed by atoms with Crippen LogP contribution in [0, 0.1) is 10.8 Å². The Balaban J connectivity index is 3.57. The summed E-state index contributed by atoms with van der Waals surface area (Å²) in [6.07, 6.45) is 1.49. The van der Waals surface area contributed by atoms with Crippen molar-refractivity contribution in [2.45, 2.75) is 53.4 Å². The third-order valence-corrected chi connectivity index (χ3v) is 4.31. The Kier molecular flexibility index (Phi) is 4.14. The molecule has 1 rings (SSSR count). The second-order valence-electron chi connectivity index (χ2n) is 7.32. The van der Waals surface area contributed by atoms with E-state index >= 15 is 0 Å². The lowest BCUT2D eigenvalue weighted by Crippen LogP contribution is -2.50. The molecule has 19 heavy (non-hydrogen) atoms. The lowest BCUT2D eigenvalue weighted by Gasteiger charge is -2.53. The minimum atomic E-state index is -0.268. The van der Waals surface area contributed by atoms with Crippen molar-refractivity contribution >= 4 is 6.29 Å². The molecule has 0 saturated carbocycles. The molecule has 0 unspecified atom stereocenters. The maximum atomic E-state index is 11.3. The van der Waals surface area contributed by atoms with Crippen molar-refractivity contribution in [1.82, 2.24) is 0 Å². The van der Waals surface area contributed by atoms with Crippen LogP contribution in [0.3, 0.4) is 0 Å². The van der Waals surface area contributed by atoms with E-state index in [4.69, 9.17) is 0 Å². The number of phenolic OH excluding ortho intramolecular Hbond substituents is 1. The molecule has 0 heterocycles. The summed E-state index contributed by atoms with van der Waals surface area (Å²) in [5.41, 5.74) is 0.708. The molecule has 0 aliphatic carbocycles. The van der Waals surface area contributed by atoms with Crippen LogP contribution in [0.5, 0.6) is 5.75 Å². The van der Waals surface area contributed by atoms with Crippen LogP contribution in [-0.2, 0) is 10.2 Å². The van der Waals surface area contributed by atoms with Crippen molar-refractivity contribution in [3.8, 4) is 5.75 Å². The van der Waals surface area contributed by atoms with Gasteiger partial charge in [0.15, 0.2) is 0 Å². The highest BCUT2D eigenvalue weighted by Crippen LogP contribution is 2.55. The Morgan fingerprint density at radius 3 is 1.68 bits per heavy atom. The van der Waals surface area contributed by atoms with Crippen molar-refractivity contribution < 1.29 is 9.90 Å². The van der Waals surface area contributed by atoms with E-state index in [1.165, 1.54) is 0 Å². The zero-order valence-corrected chi connectivity index (χ0v) is 12.9. The first-order valence-corrected chi connectivity index (χ1v) is 6.79.